The molecule has 5 heteroatoms. The molecular weight excluding hydrogens is 159 g/mol. The van der Waals surface area contributed by atoms with Gasteiger partial charge in [-0.05, 0) is 18.7 Å². The number of hydrogen-bond donors (Lipinski definition) is 0. The molecule has 3 nitrogen and oxygen atoms in total. The van der Waals surface area contributed by atoms with Crippen LogP contribution in [0, 0.1) is 0 Å². The molecule has 0 spiro atoms. The maximum atomic E-state index is 5.07. The third kappa shape index (κ3) is 1.99. The van der Waals surface area contributed by atoms with Crippen LogP contribution in [-0.4, -0.2) is 19.8 Å². The van der Waals surface area contributed by atoms with Crippen molar-refractivity contribution in [2.75, 3.05) is 19.8 Å². The first-order valence-electron chi connectivity index (χ1n) is 2.80. The SMILES string of the molecule is CCOP1(=S)OCCO1. The molecule has 54 valence electrons. The van der Waals surface area contributed by atoms with Crippen molar-refractivity contribution in [3.05, 3.63) is 0 Å². The van der Waals surface area contributed by atoms with Crippen molar-refractivity contribution in [1.29, 1.82) is 0 Å². The molecule has 0 radical (unpaired) electrons. The topological polar surface area (TPSA) is 27.7 Å². The van der Waals surface area contributed by atoms with Gasteiger partial charge in [0.1, 0.15) is 0 Å². The molecule has 0 aromatic rings. The summed E-state index contributed by atoms with van der Waals surface area (Å²) in [7, 11) is 0. The van der Waals surface area contributed by atoms with Gasteiger partial charge in [-0.3, -0.25) is 0 Å². The molecule has 0 aromatic heterocycles. The van der Waals surface area contributed by atoms with E-state index in [1.54, 1.807) is 0 Å². The first-order chi connectivity index (χ1) is 4.27. The van der Waals surface area contributed by atoms with Crippen LogP contribution in [0.15, 0.2) is 0 Å². The van der Waals surface area contributed by atoms with Crippen LogP contribution in [0.1, 0.15) is 6.92 Å². The highest BCUT2D eigenvalue weighted by atomic mass is 32.5. The second kappa shape index (κ2) is 3.08. The second-order valence-electron chi connectivity index (χ2n) is 1.53. The van der Waals surface area contributed by atoms with Crippen molar-refractivity contribution in [3.63, 3.8) is 0 Å². The zero-order valence-electron chi connectivity index (χ0n) is 5.20. The van der Waals surface area contributed by atoms with Crippen LogP contribution in [0.2, 0.25) is 0 Å². The quantitative estimate of drug-likeness (QED) is 0.581. The van der Waals surface area contributed by atoms with Gasteiger partial charge < -0.3 is 13.6 Å². The fraction of sp³-hybridized carbons (Fsp3) is 1.00. The van der Waals surface area contributed by atoms with Gasteiger partial charge in [-0.1, -0.05) is 0 Å². The van der Waals surface area contributed by atoms with Gasteiger partial charge >= 0.3 is 6.72 Å². The number of rotatable bonds is 2. The Morgan fingerprint density at radius 1 is 1.56 bits per heavy atom. The summed E-state index contributed by atoms with van der Waals surface area (Å²) in [4.78, 5) is 0. The van der Waals surface area contributed by atoms with E-state index in [-0.39, 0.29) is 0 Å². The van der Waals surface area contributed by atoms with E-state index in [1.807, 2.05) is 6.92 Å². The average Bonchev–Trinajstić information content (AvgIpc) is 2.16. The summed E-state index contributed by atoms with van der Waals surface area (Å²) < 4.78 is 15.2. The summed E-state index contributed by atoms with van der Waals surface area (Å²) in [5, 5.41) is 0. The molecule has 0 atom stereocenters. The molecule has 1 fully saturated rings. The van der Waals surface area contributed by atoms with Crippen LogP contribution in [0.4, 0.5) is 0 Å². The Balaban J connectivity index is 2.42. The van der Waals surface area contributed by atoms with Crippen LogP contribution >= 0.6 is 6.72 Å². The maximum Gasteiger partial charge on any atom is 0.327 e. The highest BCUT2D eigenvalue weighted by molar-refractivity contribution is 8.07. The van der Waals surface area contributed by atoms with E-state index in [9.17, 15) is 0 Å². The highest BCUT2D eigenvalue weighted by Gasteiger charge is 2.25. The third-order valence-corrected chi connectivity index (χ3v) is 3.39. The molecule has 0 unspecified atom stereocenters. The Hall–Kier alpha value is 0.530. The van der Waals surface area contributed by atoms with E-state index in [4.69, 9.17) is 25.4 Å². The molecule has 9 heavy (non-hydrogen) atoms. The summed E-state index contributed by atoms with van der Waals surface area (Å²) in [5.41, 5.74) is 0. The molecule has 0 N–H and O–H groups in total. The van der Waals surface area contributed by atoms with E-state index >= 15 is 0 Å². The van der Waals surface area contributed by atoms with Gasteiger partial charge in [0, 0.05) is 0 Å². The minimum absolute atomic E-state index is 0.567. The smallest absolute Gasteiger partial charge is 0.309 e. The van der Waals surface area contributed by atoms with Crippen molar-refractivity contribution < 1.29 is 13.6 Å². The van der Waals surface area contributed by atoms with Crippen molar-refractivity contribution in [2.24, 2.45) is 0 Å². The van der Waals surface area contributed by atoms with Crippen molar-refractivity contribution in [3.8, 4) is 0 Å². The lowest BCUT2D eigenvalue weighted by molar-refractivity contribution is 0.256. The molecule has 0 bridgehead atoms. The molecular formula is C4H9O3PS. The molecule has 1 saturated heterocycles. The maximum absolute atomic E-state index is 5.07. The monoisotopic (exact) mass is 168 g/mol. The van der Waals surface area contributed by atoms with Gasteiger partial charge in [-0.15, -0.1) is 0 Å². The summed E-state index contributed by atoms with van der Waals surface area (Å²) >= 11 is 4.91. The van der Waals surface area contributed by atoms with Crippen LogP contribution < -0.4 is 0 Å². The fourth-order valence-corrected chi connectivity index (χ4v) is 2.47. The van der Waals surface area contributed by atoms with Crippen molar-refractivity contribution >= 4 is 18.5 Å². The lowest BCUT2D eigenvalue weighted by Crippen LogP contribution is -1.87. The molecule has 1 heterocycles. The zero-order valence-corrected chi connectivity index (χ0v) is 6.91. The molecule has 1 aliphatic rings. The van der Waals surface area contributed by atoms with Gasteiger partial charge in [0.05, 0.1) is 19.8 Å². The van der Waals surface area contributed by atoms with Gasteiger partial charge in [0.25, 0.3) is 0 Å². The Bertz CT molecular complexity index is 128. The number of hydrogen-bond acceptors (Lipinski definition) is 4. The predicted octanol–water partition coefficient (Wildman–Crippen LogP) is 1.29. The predicted molar refractivity (Wildman–Crippen MR) is 37.8 cm³/mol. The van der Waals surface area contributed by atoms with Crippen LogP contribution in [0.25, 0.3) is 0 Å². The Morgan fingerprint density at radius 3 is 2.56 bits per heavy atom. The minimum Gasteiger partial charge on any atom is -0.309 e. The van der Waals surface area contributed by atoms with Gasteiger partial charge in [-0.25, -0.2) is 0 Å². The largest absolute Gasteiger partial charge is 0.327 e. The Labute approximate surface area is 59.5 Å². The first kappa shape index (κ1) is 7.63. The summed E-state index contributed by atoms with van der Waals surface area (Å²) in [6.07, 6.45) is 0. The van der Waals surface area contributed by atoms with Gasteiger partial charge in [-0.2, -0.15) is 0 Å². The van der Waals surface area contributed by atoms with Crippen molar-refractivity contribution in [1.82, 2.24) is 0 Å². The Kier molecular flexibility index (Phi) is 2.61. The molecule has 1 rings (SSSR count). The van der Waals surface area contributed by atoms with Gasteiger partial charge in [0.15, 0.2) is 0 Å². The van der Waals surface area contributed by atoms with Crippen LogP contribution in [0.3, 0.4) is 0 Å². The van der Waals surface area contributed by atoms with E-state index in [2.05, 4.69) is 0 Å². The zero-order chi connectivity index (χ0) is 6.74. The summed E-state index contributed by atoms with van der Waals surface area (Å²) in [6.45, 7) is 1.37. The average molecular weight is 168 g/mol. The fourth-order valence-electron chi connectivity index (χ4n) is 0.568. The van der Waals surface area contributed by atoms with E-state index in [0.717, 1.165) is 0 Å². The molecule has 0 saturated carbocycles. The normalized spacial score (nSPS) is 24.6. The lowest BCUT2D eigenvalue weighted by Gasteiger charge is -2.10. The van der Waals surface area contributed by atoms with E-state index < -0.39 is 6.72 Å². The standard InChI is InChI=1S/C4H9O3PS/c1-2-5-8(9)6-3-4-7-8/h2-4H2,1H3. The first-order valence-corrected chi connectivity index (χ1v) is 5.36. The Morgan fingerprint density at radius 2 is 2.11 bits per heavy atom. The van der Waals surface area contributed by atoms with Crippen LogP contribution in [0.5, 0.6) is 0 Å². The van der Waals surface area contributed by atoms with E-state index in [1.165, 1.54) is 0 Å². The molecule has 1 aliphatic heterocycles. The summed E-state index contributed by atoms with van der Waals surface area (Å²) in [6, 6.07) is 0. The van der Waals surface area contributed by atoms with Gasteiger partial charge in [0.2, 0.25) is 0 Å². The van der Waals surface area contributed by atoms with Crippen LogP contribution in [-0.2, 0) is 25.4 Å². The second-order valence-corrected chi connectivity index (χ2v) is 4.54. The van der Waals surface area contributed by atoms with E-state index in [0.29, 0.717) is 19.8 Å². The molecule has 0 aliphatic carbocycles. The lowest BCUT2D eigenvalue weighted by atomic mass is 10.8. The summed E-state index contributed by atoms with van der Waals surface area (Å²) in [5.74, 6) is 0. The third-order valence-electron chi connectivity index (χ3n) is 0.869. The molecule has 0 amide bonds. The van der Waals surface area contributed by atoms with Crippen molar-refractivity contribution in [2.45, 2.75) is 6.92 Å². The minimum atomic E-state index is -2.24. The highest BCUT2D eigenvalue weighted by Crippen LogP contribution is 2.52. The molecule has 0 aromatic carbocycles.